The van der Waals surface area contributed by atoms with Crippen LogP contribution >= 0.6 is 11.8 Å². The Bertz CT molecular complexity index is 411. The lowest BCUT2D eigenvalue weighted by Crippen LogP contribution is -2.30. The number of carbonyl (C=O) groups is 1. The molecule has 0 saturated carbocycles. The number of carboxylic acids is 1. The van der Waals surface area contributed by atoms with Crippen LogP contribution in [0, 0.1) is 0 Å². The predicted octanol–water partition coefficient (Wildman–Crippen LogP) is 1.80. The van der Waals surface area contributed by atoms with Crippen LogP contribution in [-0.4, -0.2) is 39.2 Å². The molecule has 0 aliphatic carbocycles. The minimum absolute atomic E-state index is 0.0525. The van der Waals surface area contributed by atoms with Gasteiger partial charge in [0.2, 0.25) is 0 Å². The average molecular weight is 267 g/mol. The van der Waals surface area contributed by atoms with E-state index in [-0.39, 0.29) is 10.6 Å². The molecule has 0 aliphatic rings. The number of hydrogen-bond donors (Lipinski definition) is 2. The van der Waals surface area contributed by atoms with Crippen molar-refractivity contribution in [2.75, 3.05) is 5.75 Å². The van der Waals surface area contributed by atoms with Crippen molar-refractivity contribution >= 4 is 17.7 Å². The lowest BCUT2D eigenvalue weighted by Gasteiger charge is -2.13. The second kappa shape index (κ2) is 5.37. The van der Waals surface area contributed by atoms with Crippen LogP contribution in [0.4, 0.5) is 13.2 Å². The van der Waals surface area contributed by atoms with E-state index in [9.17, 15) is 18.0 Å². The maximum absolute atomic E-state index is 12.0. The Kier molecular flexibility index (Phi) is 4.35. The van der Waals surface area contributed by atoms with Crippen molar-refractivity contribution in [2.45, 2.75) is 17.3 Å². The minimum atomic E-state index is -4.72. The van der Waals surface area contributed by atoms with Gasteiger partial charge in [-0.25, -0.2) is 9.78 Å². The quantitative estimate of drug-likeness (QED) is 0.814. The van der Waals surface area contributed by atoms with Crippen molar-refractivity contribution in [3.63, 3.8) is 0 Å². The number of hydrogen-bond acceptors (Lipinski definition) is 4. The summed E-state index contributed by atoms with van der Waals surface area (Å²) in [6, 6.07) is 2.60. The second-order valence-corrected chi connectivity index (χ2v) is 4.04. The Morgan fingerprint density at radius 2 is 2.18 bits per heavy atom. The third-order valence-corrected chi connectivity index (χ3v) is 2.84. The van der Waals surface area contributed by atoms with Gasteiger partial charge in [0.05, 0.1) is 5.56 Å². The molecule has 17 heavy (non-hydrogen) atoms. The molecule has 1 atom stereocenters. The van der Waals surface area contributed by atoms with Crippen molar-refractivity contribution in [2.24, 2.45) is 0 Å². The first-order valence-corrected chi connectivity index (χ1v) is 5.37. The summed E-state index contributed by atoms with van der Waals surface area (Å²) in [6.07, 6.45) is -5.95. The first-order valence-electron chi connectivity index (χ1n) is 4.38. The molecule has 0 spiro atoms. The third kappa shape index (κ3) is 3.90. The molecule has 4 nitrogen and oxygen atoms in total. The topological polar surface area (TPSA) is 70.4 Å². The highest BCUT2D eigenvalue weighted by Crippen LogP contribution is 2.27. The number of rotatable bonds is 4. The van der Waals surface area contributed by atoms with Gasteiger partial charge in [0.1, 0.15) is 5.03 Å². The number of aliphatic hydroxyl groups is 1. The molecule has 1 aromatic rings. The van der Waals surface area contributed by atoms with Crippen molar-refractivity contribution in [3.05, 3.63) is 23.9 Å². The Labute approximate surface area is 98.5 Å². The number of nitrogens with zero attached hydrogens (tertiary/aromatic N) is 1. The van der Waals surface area contributed by atoms with Crippen LogP contribution in [0.15, 0.2) is 23.4 Å². The van der Waals surface area contributed by atoms with Gasteiger partial charge >= 0.3 is 12.1 Å². The van der Waals surface area contributed by atoms with Crippen LogP contribution in [0.3, 0.4) is 0 Å². The van der Waals surface area contributed by atoms with Crippen molar-refractivity contribution < 1.29 is 28.2 Å². The monoisotopic (exact) mass is 267 g/mol. The molecule has 0 aliphatic heterocycles. The molecule has 94 valence electrons. The van der Waals surface area contributed by atoms with Crippen LogP contribution in [0.1, 0.15) is 10.4 Å². The van der Waals surface area contributed by atoms with E-state index in [4.69, 9.17) is 10.2 Å². The standard InChI is InChI=1S/C9H8F3NO3S/c10-9(11,12)6(14)4-17-7-5(8(15)16)2-1-3-13-7/h1-3,6,14H,4H2,(H,15,16). The number of alkyl halides is 3. The van der Waals surface area contributed by atoms with Crippen LogP contribution < -0.4 is 0 Å². The highest BCUT2D eigenvalue weighted by atomic mass is 32.2. The van der Waals surface area contributed by atoms with E-state index >= 15 is 0 Å². The summed E-state index contributed by atoms with van der Waals surface area (Å²) in [6.45, 7) is 0. The molecule has 0 amide bonds. The minimum Gasteiger partial charge on any atom is -0.478 e. The van der Waals surface area contributed by atoms with Crippen molar-refractivity contribution in [3.8, 4) is 0 Å². The number of aromatic nitrogens is 1. The molecule has 1 rings (SSSR count). The first kappa shape index (κ1) is 13.8. The Morgan fingerprint density at radius 3 is 2.71 bits per heavy atom. The van der Waals surface area contributed by atoms with E-state index in [2.05, 4.69) is 4.98 Å². The normalized spacial score (nSPS) is 13.4. The molecule has 0 saturated heterocycles. The number of aromatic carboxylic acids is 1. The molecular formula is C9H8F3NO3S. The van der Waals surface area contributed by atoms with E-state index in [1.807, 2.05) is 0 Å². The second-order valence-electron chi connectivity index (χ2n) is 3.03. The fraction of sp³-hybridized carbons (Fsp3) is 0.333. The smallest absolute Gasteiger partial charge is 0.415 e. The molecular weight excluding hydrogens is 259 g/mol. The van der Waals surface area contributed by atoms with Crippen LogP contribution in [0.25, 0.3) is 0 Å². The average Bonchev–Trinajstić information content (AvgIpc) is 2.24. The fourth-order valence-corrected chi connectivity index (χ4v) is 1.87. The molecule has 8 heteroatoms. The lowest BCUT2D eigenvalue weighted by molar-refractivity contribution is -0.195. The van der Waals surface area contributed by atoms with E-state index in [1.165, 1.54) is 18.3 Å². The summed E-state index contributed by atoms with van der Waals surface area (Å²) in [7, 11) is 0. The number of carboxylic acid groups (broad SMARTS) is 1. The predicted molar refractivity (Wildman–Crippen MR) is 54.0 cm³/mol. The van der Waals surface area contributed by atoms with Crippen LogP contribution in [-0.2, 0) is 0 Å². The zero-order valence-corrected chi connectivity index (χ0v) is 9.13. The van der Waals surface area contributed by atoms with Crippen LogP contribution in [0.5, 0.6) is 0 Å². The molecule has 0 radical (unpaired) electrons. The van der Waals surface area contributed by atoms with Crippen molar-refractivity contribution in [1.82, 2.24) is 4.98 Å². The highest BCUT2D eigenvalue weighted by molar-refractivity contribution is 7.99. The number of thioether (sulfide) groups is 1. The van der Waals surface area contributed by atoms with Gasteiger partial charge in [-0.3, -0.25) is 0 Å². The van der Waals surface area contributed by atoms with Gasteiger partial charge in [-0.1, -0.05) is 0 Å². The van der Waals surface area contributed by atoms with Crippen LogP contribution in [0.2, 0.25) is 0 Å². The summed E-state index contributed by atoms with van der Waals surface area (Å²) < 4.78 is 36.0. The summed E-state index contributed by atoms with van der Waals surface area (Å²) >= 11 is 0.548. The van der Waals surface area contributed by atoms with Crippen molar-refractivity contribution in [1.29, 1.82) is 0 Å². The third-order valence-electron chi connectivity index (χ3n) is 1.76. The fourth-order valence-electron chi connectivity index (χ4n) is 0.921. The Balaban J connectivity index is 2.73. The maximum Gasteiger partial charge on any atom is 0.415 e. The van der Waals surface area contributed by atoms with Gasteiger partial charge in [0, 0.05) is 11.9 Å². The molecule has 1 unspecified atom stereocenters. The number of halogens is 3. The van der Waals surface area contributed by atoms with E-state index < -0.39 is 24.0 Å². The van der Waals surface area contributed by atoms with Gasteiger partial charge in [0.25, 0.3) is 0 Å². The highest BCUT2D eigenvalue weighted by Gasteiger charge is 2.38. The lowest BCUT2D eigenvalue weighted by atomic mass is 10.3. The van der Waals surface area contributed by atoms with Gasteiger partial charge in [-0.05, 0) is 12.1 Å². The van der Waals surface area contributed by atoms with E-state index in [0.29, 0.717) is 11.8 Å². The summed E-state index contributed by atoms with van der Waals surface area (Å²) in [4.78, 5) is 14.4. The van der Waals surface area contributed by atoms with E-state index in [1.54, 1.807) is 0 Å². The molecule has 0 fully saturated rings. The Morgan fingerprint density at radius 1 is 1.53 bits per heavy atom. The maximum atomic E-state index is 12.0. The molecule has 1 aromatic heterocycles. The summed E-state index contributed by atoms with van der Waals surface area (Å²) in [5.74, 6) is -1.97. The molecule has 1 heterocycles. The largest absolute Gasteiger partial charge is 0.478 e. The number of pyridine rings is 1. The zero-order chi connectivity index (χ0) is 13.1. The van der Waals surface area contributed by atoms with E-state index in [0.717, 1.165) is 0 Å². The van der Waals surface area contributed by atoms with Gasteiger partial charge < -0.3 is 10.2 Å². The van der Waals surface area contributed by atoms with Gasteiger partial charge in [-0.2, -0.15) is 13.2 Å². The molecule has 0 aromatic carbocycles. The first-order chi connectivity index (χ1) is 7.82. The van der Waals surface area contributed by atoms with Gasteiger partial charge in [-0.15, -0.1) is 11.8 Å². The zero-order valence-electron chi connectivity index (χ0n) is 8.31. The van der Waals surface area contributed by atoms with Gasteiger partial charge in [0.15, 0.2) is 6.10 Å². The summed E-state index contributed by atoms with van der Waals surface area (Å²) in [5, 5.41) is 17.5. The summed E-state index contributed by atoms with van der Waals surface area (Å²) in [5.41, 5.74) is -0.188. The molecule has 0 bridgehead atoms. The number of aliphatic hydroxyl groups excluding tert-OH is 1. The Hall–Kier alpha value is -1.28. The molecule has 2 N–H and O–H groups in total. The SMILES string of the molecule is O=C(O)c1cccnc1SCC(O)C(F)(F)F.